The van der Waals surface area contributed by atoms with E-state index in [0.717, 1.165) is 38.3 Å². The van der Waals surface area contributed by atoms with Gasteiger partial charge in [0.2, 0.25) is 0 Å². The Balaban J connectivity index is 2.04. The third kappa shape index (κ3) is 3.85. The van der Waals surface area contributed by atoms with Crippen LogP contribution in [-0.4, -0.2) is 56.5 Å². The molecule has 5 nitrogen and oxygen atoms in total. The van der Waals surface area contributed by atoms with Crippen molar-refractivity contribution in [2.24, 2.45) is 0 Å². The minimum atomic E-state index is 0.145. The Morgan fingerprint density at radius 3 is 3.05 bits per heavy atom. The highest BCUT2D eigenvalue weighted by molar-refractivity contribution is 9.10. The third-order valence-electron chi connectivity index (χ3n) is 3.37. The summed E-state index contributed by atoms with van der Waals surface area (Å²) in [6.07, 6.45) is 0.233. The molecule has 0 amide bonds. The van der Waals surface area contributed by atoms with Crippen LogP contribution in [0, 0.1) is 0 Å². The Bertz CT molecular complexity index is 454. The smallest absolute Gasteiger partial charge is 0.172 e. The molecule has 0 aliphatic carbocycles. The predicted molar refractivity (Wildman–Crippen MR) is 81.3 cm³/mol. The molecule has 1 aliphatic rings. The topological polar surface area (TPSA) is 54.0 Å². The van der Waals surface area contributed by atoms with Crippen LogP contribution in [0.1, 0.15) is 5.56 Å². The van der Waals surface area contributed by atoms with E-state index in [1.807, 2.05) is 19.2 Å². The van der Waals surface area contributed by atoms with Gasteiger partial charge >= 0.3 is 0 Å². The molecule has 0 spiro atoms. The van der Waals surface area contributed by atoms with Gasteiger partial charge in [-0.25, -0.2) is 0 Å². The SMILES string of the molecule is CNCC1CN(Cc2cc(Br)c(O)c(OC)c2)CCO1. The van der Waals surface area contributed by atoms with E-state index in [0.29, 0.717) is 10.2 Å². The monoisotopic (exact) mass is 344 g/mol. The zero-order valence-corrected chi connectivity index (χ0v) is 13.4. The highest BCUT2D eigenvalue weighted by Crippen LogP contribution is 2.35. The number of benzene rings is 1. The lowest BCUT2D eigenvalue weighted by Gasteiger charge is -2.33. The summed E-state index contributed by atoms with van der Waals surface area (Å²) >= 11 is 3.36. The molecule has 0 saturated carbocycles. The molecule has 1 unspecified atom stereocenters. The molecule has 2 rings (SSSR count). The van der Waals surface area contributed by atoms with E-state index in [1.165, 1.54) is 0 Å². The van der Waals surface area contributed by atoms with E-state index in [-0.39, 0.29) is 11.9 Å². The Hall–Kier alpha value is -0.820. The molecule has 0 radical (unpaired) electrons. The minimum absolute atomic E-state index is 0.145. The summed E-state index contributed by atoms with van der Waals surface area (Å²) in [5.41, 5.74) is 1.11. The van der Waals surface area contributed by atoms with Crippen molar-refractivity contribution in [3.8, 4) is 11.5 Å². The molecule has 112 valence electrons. The number of likely N-dealkylation sites (N-methyl/N-ethyl adjacent to an activating group) is 1. The van der Waals surface area contributed by atoms with Gasteiger partial charge in [-0.2, -0.15) is 0 Å². The van der Waals surface area contributed by atoms with Crippen LogP contribution in [-0.2, 0) is 11.3 Å². The van der Waals surface area contributed by atoms with E-state index < -0.39 is 0 Å². The largest absolute Gasteiger partial charge is 0.503 e. The summed E-state index contributed by atoms with van der Waals surface area (Å²) in [5, 5.41) is 13.0. The van der Waals surface area contributed by atoms with Crippen molar-refractivity contribution in [1.82, 2.24) is 10.2 Å². The Kier molecular flexibility index (Phi) is 5.65. The van der Waals surface area contributed by atoms with Gasteiger partial charge in [-0.05, 0) is 40.7 Å². The van der Waals surface area contributed by atoms with Crippen LogP contribution in [0.25, 0.3) is 0 Å². The molecule has 1 aromatic carbocycles. The number of phenolic OH excluding ortho intramolecular Hbond substituents is 1. The fourth-order valence-corrected chi connectivity index (χ4v) is 2.90. The second-order valence-electron chi connectivity index (χ2n) is 4.91. The second kappa shape index (κ2) is 7.26. The standard InChI is InChI=1S/C14H21BrN2O3/c1-16-7-11-9-17(3-4-20-11)8-10-5-12(15)14(18)13(6-10)19-2/h5-6,11,16,18H,3-4,7-9H2,1-2H3. The number of halogens is 1. The van der Waals surface area contributed by atoms with Gasteiger partial charge in [0, 0.05) is 26.2 Å². The molecule has 1 aromatic rings. The van der Waals surface area contributed by atoms with Gasteiger partial charge in [0.25, 0.3) is 0 Å². The number of methoxy groups -OCH3 is 1. The minimum Gasteiger partial charge on any atom is -0.503 e. The molecule has 1 aliphatic heterocycles. The van der Waals surface area contributed by atoms with Crippen molar-refractivity contribution < 1.29 is 14.6 Å². The average molecular weight is 345 g/mol. The number of phenols is 1. The normalized spacial score (nSPS) is 20.1. The first-order chi connectivity index (χ1) is 9.63. The van der Waals surface area contributed by atoms with E-state index in [4.69, 9.17) is 9.47 Å². The highest BCUT2D eigenvalue weighted by atomic mass is 79.9. The van der Waals surface area contributed by atoms with Crippen molar-refractivity contribution in [2.75, 3.05) is 40.4 Å². The summed E-state index contributed by atoms with van der Waals surface area (Å²) in [4.78, 5) is 2.35. The maximum atomic E-state index is 9.83. The zero-order valence-electron chi connectivity index (χ0n) is 11.9. The van der Waals surface area contributed by atoms with Crippen LogP contribution in [0.5, 0.6) is 11.5 Å². The van der Waals surface area contributed by atoms with Gasteiger partial charge in [0.15, 0.2) is 11.5 Å². The fourth-order valence-electron chi connectivity index (χ4n) is 2.41. The number of nitrogens with zero attached hydrogens (tertiary/aromatic N) is 1. The van der Waals surface area contributed by atoms with Crippen LogP contribution in [0.3, 0.4) is 0 Å². The maximum Gasteiger partial charge on any atom is 0.172 e. The zero-order chi connectivity index (χ0) is 14.5. The molecule has 6 heteroatoms. The third-order valence-corrected chi connectivity index (χ3v) is 3.97. The van der Waals surface area contributed by atoms with Gasteiger partial charge in [-0.15, -0.1) is 0 Å². The van der Waals surface area contributed by atoms with E-state index >= 15 is 0 Å². The number of nitrogens with one attached hydrogen (secondary N) is 1. The van der Waals surface area contributed by atoms with Gasteiger partial charge < -0.3 is 19.9 Å². The van der Waals surface area contributed by atoms with Gasteiger partial charge in [-0.1, -0.05) is 0 Å². The lowest BCUT2D eigenvalue weighted by Crippen LogP contribution is -2.45. The summed E-state index contributed by atoms with van der Waals surface area (Å²) < 4.78 is 11.5. The van der Waals surface area contributed by atoms with Crippen LogP contribution in [0.15, 0.2) is 16.6 Å². The van der Waals surface area contributed by atoms with Crippen molar-refractivity contribution in [2.45, 2.75) is 12.6 Å². The predicted octanol–water partition coefficient (Wildman–Crippen LogP) is 1.58. The number of hydrogen-bond acceptors (Lipinski definition) is 5. The molecule has 0 bridgehead atoms. The number of rotatable bonds is 5. The first-order valence-corrected chi connectivity index (χ1v) is 7.47. The molecule has 0 aromatic heterocycles. The fraction of sp³-hybridized carbons (Fsp3) is 0.571. The van der Waals surface area contributed by atoms with Gasteiger partial charge in [-0.3, -0.25) is 4.90 Å². The Morgan fingerprint density at radius 2 is 2.35 bits per heavy atom. The first kappa shape index (κ1) is 15.6. The summed E-state index contributed by atoms with van der Waals surface area (Å²) in [6, 6.07) is 3.81. The highest BCUT2D eigenvalue weighted by Gasteiger charge is 2.20. The molecule has 1 saturated heterocycles. The summed E-state index contributed by atoms with van der Waals surface area (Å²) in [6.45, 7) is 4.25. The average Bonchev–Trinajstić information content (AvgIpc) is 2.43. The van der Waals surface area contributed by atoms with Gasteiger partial charge in [0.05, 0.1) is 24.3 Å². The maximum absolute atomic E-state index is 9.83. The molecule has 20 heavy (non-hydrogen) atoms. The van der Waals surface area contributed by atoms with Gasteiger partial charge in [0.1, 0.15) is 0 Å². The molecule has 1 fully saturated rings. The number of morpholine rings is 1. The second-order valence-corrected chi connectivity index (χ2v) is 5.77. The molecular formula is C14H21BrN2O3. The quantitative estimate of drug-likeness (QED) is 0.849. The van der Waals surface area contributed by atoms with E-state index in [9.17, 15) is 5.11 Å². The molecule has 1 heterocycles. The van der Waals surface area contributed by atoms with Crippen molar-refractivity contribution in [1.29, 1.82) is 0 Å². The van der Waals surface area contributed by atoms with Crippen molar-refractivity contribution in [3.05, 3.63) is 22.2 Å². The van der Waals surface area contributed by atoms with Crippen molar-refractivity contribution in [3.63, 3.8) is 0 Å². The number of hydrogen-bond donors (Lipinski definition) is 2. The van der Waals surface area contributed by atoms with Crippen LogP contribution >= 0.6 is 15.9 Å². The first-order valence-electron chi connectivity index (χ1n) is 6.68. The Morgan fingerprint density at radius 1 is 1.55 bits per heavy atom. The summed E-state index contributed by atoms with van der Waals surface area (Å²) in [7, 11) is 3.49. The number of aromatic hydroxyl groups is 1. The van der Waals surface area contributed by atoms with E-state index in [1.54, 1.807) is 7.11 Å². The van der Waals surface area contributed by atoms with Crippen LogP contribution < -0.4 is 10.1 Å². The summed E-state index contributed by atoms with van der Waals surface area (Å²) in [5.74, 6) is 0.640. The molecule has 1 atom stereocenters. The molecule has 2 N–H and O–H groups in total. The van der Waals surface area contributed by atoms with Crippen LogP contribution in [0.2, 0.25) is 0 Å². The Labute approximate surface area is 128 Å². The molecular weight excluding hydrogens is 324 g/mol. The van der Waals surface area contributed by atoms with Crippen LogP contribution in [0.4, 0.5) is 0 Å². The van der Waals surface area contributed by atoms with E-state index in [2.05, 4.69) is 26.1 Å². The van der Waals surface area contributed by atoms with Crippen molar-refractivity contribution >= 4 is 15.9 Å². The number of ether oxygens (including phenoxy) is 2. The lowest BCUT2D eigenvalue weighted by atomic mass is 10.1. The lowest BCUT2D eigenvalue weighted by molar-refractivity contribution is -0.0291.